The van der Waals surface area contributed by atoms with Crippen LogP contribution in [0.1, 0.15) is 35.0 Å². The molecule has 0 saturated carbocycles. The monoisotopic (exact) mass is 872 g/mol. The molecule has 9 aromatic carbocycles. The van der Waals surface area contributed by atoms with Crippen molar-refractivity contribution < 1.29 is 0 Å². The Morgan fingerprint density at radius 3 is 1.75 bits per heavy atom. The molecule has 13 rings (SSSR count). The molecule has 4 heterocycles. The Morgan fingerprint density at radius 2 is 1.00 bits per heavy atom. The summed E-state index contributed by atoms with van der Waals surface area (Å²) in [6, 6.07) is 60.8. The lowest BCUT2D eigenvalue weighted by atomic mass is 9.89. The lowest BCUT2D eigenvalue weighted by Crippen LogP contribution is -2.20. The molecule has 1 aliphatic rings. The summed E-state index contributed by atoms with van der Waals surface area (Å²) >= 11 is 0. The number of nitrogens with zero attached hydrogens (tertiary/aromatic N) is 6. The van der Waals surface area contributed by atoms with Gasteiger partial charge in [0.15, 0.2) is 17.5 Å². The number of hydrogen-bond donors (Lipinski definition) is 0. The van der Waals surface area contributed by atoms with Gasteiger partial charge in [-0.2, -0.15) is 0 Å². The maximum atomic E-state index is 5.39. The summed E-state index contributed by atoms with van der Waals surface area (Å²) in [7, 11) is 0. The summed E-state index contributed by atoms with van der Waals surface area (Å²) in [6.07, 6.45) is 4.13. The highest BCUT2D eigenvalue weighted by Crippen LogP contribution is 2.49. The van der Waals surface area contributed by atoms with Gasteiger partial charge in [-0.1, -0.05) is 134 Å². The first kappa shape index (κ1) is 39.6. The number of fused-ring (bicyclic) bond motifs is 15. The van der Waals surface area contributed by atoms with Crippen molar-refractivity contribution in [2.75, 3.05) is 4.90 Å². The minimum atomic E-state index is 0.596. The van der Waals surface area contributed by atoms with Crippen molar-refractivity contribution in [3.8, 4) is 45.3 Å². The van der Waals surface area contributed by atoms with Crippen LogP contribution < -0.4 is 4.90 Å². The summed E-state index contributed by atoms with van der Waals surface area (Å²) < 4.78 is 2.28. The predicted molar refractivity (Wildman–Crippen MR) is 284 cm³/mol. The third-order valence-electron chi connectivity index (χ3n) is 14.0. The van der Waals surface area contributed by atoms with Crippen molar-refractivity contribution in [1.82, 2.24) is 24.3 Å². The fourth-order valence-corrected chi connectivity index (χ4v) is 10.8. The molecule has 1 aliphatic heterocycles. The zero-order chi connectivity index (χ0) is 45.8. The molecule has 68 heavy (non-hydrogen) atoms. The van der Waals surface area contributed by atoms with E-state index in [0.717, 1.165) is 89.2 Å². The van der Waals surface area contributed by atoms with E-state index in [1.807, 2.05) is 13.0 Å². The van der Waals surface area contributed by atoms with Crippen molar-refractivity contribution in [3.63, 3.8) is 0 Å². The highest BCUT2D eigenvalue weighted by atomic mass is 15.2. The minimum absolute atomic E-state index is 0.596. The van der Waals surface area contributed by atoms with E-state index in [2.05, 4.69) is 213 Å². The third-order valence-corrected chi connectivity index (χ3v) is 14.0. The first-order valence-corrected chi connectivity index (χ1v) is 23.2. The molecule has 0 bridgehead atoms. The Balaban J connectivity index is 1.06. The van der Waals surface area contributed by atoms with Crippen LogP contribution >= 0.6 is 0 Å². The van der Waals surface area contributed by atoms with E-state index in [9.17, 15) is 0 Å². The number of para-hydroxylation sites is 1. The van der Waals surface area contributed by atoms with Crippen LogP contribution in [0.2, 0.25) is 0 Å². The van der Waals surface area contributed by atoms with Gasteiger partial charge < -0.3 is 4.90 Å². The topological polar surface area (TPSA) is 59.2 Å². The predicted octanol–water partition coefficient (Wildman–Crippen LogP) is 16.0. The summed E-state index contributed by atoms with van der Waals surface area (Å²) in [5, 5.41) is 10.7. The zero-order valence-electron chi connectivity index (χ0n) is 38.2. The Hall–Kier alpha value is -8.74. The van der Waals surface area contributed by atoms with Crippen LogP contribution in [-0.4, -0.2) is 24.3 Å². The molecule has 6 heteroatoms. The van der Waals surface area contributed by atoms with Gasteiger partial charge in [0.05, 0.1) is 16.9 Å². The van der Waals surface area contributed by atoms with Crippen LogP contribution in [0.4, 0.5) is 11.4 Å². The van der Waals surface area contributed by atoms with E-state index in [1.54, 1.807) is 0 Å². The molecule has 0 saturated heterocycles. The second-order valence-electron chi connectivity index (χ2n) is 18.0. The maximum Gasteiger partial charge on any atom is 0.164 e. The standard InChI is InChI=1S/C62H44N6/c1-6-16-54-39(5)68-57-32-29-42(35-53(57)46-22-11-13-24-50(46)62(68)63-54)61-65-59(40-27-30-47-45-21-10-12-23-48(45)58-37(3)18-15-25-49(58)51(47)33-40)64-60(66-61)41-28-31-56-52(34-41)44-20-9-8-19-43(44)38(4)67(56)55-26-14-7-17-36(55)2/h6-35H,4H2,1-3,5H3/b16-6-. The number of aryl methyl sites for hydroxylation is 3. The zero-order valence-corrected chi connectivity index (χ0v) is 38.2. The molecule has 322 valence electrons. The van der Waals surface area contributed by atoms with Gasteiger partial charge >= 0.3 is 0 Å². The van der Waals surface area contributed by atoms with Gasteiger partial charge in [-0.15, -0.1) is 0 Å². The fraction of sp³-hybridized carbons (Fsp3) is 0.0645. The highest BCUT2D eigenvalue weighted by Gasteiger charge is 2.28. The van der Waals surface area contributed by atoms with Gasteiger partial charge in [-0.25, -0.2) is 19.9 Å². The van der Waals surface area contributed by atoms with Gasteiger partial charge in [0.1, 0.15) is 5.65 Å². The molecule has 0 spiro atoms. The van der Waals surface area contributed by atoms with Gasteiger partial charge in [-0.3, -0.25) is 4.40 Å². The number of hydrogen-bond acceptors (Lipinski definition) is 5. The Labute approximate surface area is 393 Å². The highest BCUT2D eigenvalue weighted by molar-refractivity contribution is 6.26. The second-order valence-corrected chi connectivity index (χ2v) is 18.0. The fourth-order valence-electron chi connectivity index (χ4n) is 10.8. The molecule has 0 N–H and O–H groups in total. The molecule has 0 fully saturated rings. The maximum absolute atomic E-state index is 5.39. The quantitative estimate of drug-likeness (QED) is 0.161. The average Bonchev–Trinajstić information content (AvgIpc) is 3.71. The van der Waals surface area contributed by atoms with E-state index in [4.69, 9.17) is 19.9 Å². The second kappa shape index (κ2) is 15.2. The van der Waals surface area contributed by atoms with E-state index in [0.29, 0.717) is 17.5 Å². The van der Waals surface area contributed by atoms with Crippen molar-refractivity contribution in [2.24, 2.45) is 0 Å². The number of aromatic nitrogens is 5. The van der Waals surface area contributed by atoms with E-state index < -0.39 is 0 Å². The molecular weight excluding hydrogens is 829 g/mol. The number of rotatable bonds is 5. The smallest absolute Gasteiger partial charge is 0.164 e. The summed E-state index contributed by atoms with van der Waals surface area (Å²) in [6.45, 7) is 13.2. The van der Waals surface area contributed by atoms with Crippen LogP contribution in [0, 0.1) is 20.8 Å². The minimum Gasteiger partial charge on any atom is -0.310 e. The average molecular weight is 873 g/mol. The van der Waals surface area contributed by atoms with E-state index >= 15 is 0 Å². The van der Waals surface area contributed by atoms with Gasteiger partial charge in [0, 0.05) is 55.7 Å². The molecular formula is C62H44N6. The van der Waals surface area contributed by atoms with Crippen LogP contribution in [0.25, 0.3) is 117 Å². The molecule has 0 aliphatic carbocycles. The normalized spacial score (nSPS) is 12.6. The molecule has 3 aromatic heterocycles. The van der Waals surface area contributed by atoms with Gasteiger partial charge in [0.25, 0.3) is 0 Å². The molecule has 0 atom stereocenters. The summed E-state index contributed by atoms with van der Waals surface area (Å²) in [5.41, 5.74) is 15.6. The van der Waals surface area contributed by atoms with E-state index in [-0.39, 0.29) is 0 Å². The Morgan fingerprint density at radius 1 is 0.441 bits per heavy atom. The number of allylic oxidation sites excluding steroid dienone is 1. The lowest BCUT2D eigenvalue weighted by Gasteiger charge is -2.35. The molecule has 12 aromatic rings. The molecule has 0 amide bonds. The van der Waals surface area contributed by atoms with Gasteiger partial charge in [-0.05, 0) is 137 Å². The number of anilines is 2. The van der Waals surface area contributed by atoms with Crippen molar-refractivity contribution in [1.29, 1.82) is 0 Å². The van der Waals surface area contributed by atoms with Crippen LogP contribution in [-0.2, 0) is 0 Å². The molecule has 6 nitrogen and oxygen atoms in total. The van der Waals surface area contributed by atoms with Gasteiger partial charge in [0.2, 0.25) is 0 Å². The summed E-state index contributed by atoms with van der Waals surface area (Å²) in [4.78, 5) is 23.6. The third kappa shape index (κ3) is 5.90. The van der Waals surface area contributed by atoms with Crippen molar-refractivity contribution in [3.05, 3.63) is 211 Å². The Bertz CT molecular complexity index is 4170. The number of imidazole rings is 1. The van der Waals surface area contributed by atoms with Crippen molar-refractivity contribution in [2.45, 2.75) is 27.7 Å². The lowest BCUT2D eigenvalue weighted by molar-refractivity contribution is 1.07. The largest absolute Gasteiger partial charge is 0.310 e. The van der Waals surface area contributed by atoms with Crippen LogP contribution in [0.15, 0.2) is 183 Å². The van der Waals surface area contributed by atoms with E-state index in [1.165, 1.54) is 43.4 Å². The molecule has 0 radical (unpaired) electrons. The summed E-state index contributed by atoms with van der Waals surface area (Å²) in [5.74, 6) is 1.80. The van der Waals surface area contributed by atoms with Crippen LogP contribution in [0.5, 0.6) is 0 Å². The number of benzene rings is 9. The number of pyridine rings is 1. The first-order valence-electron chi connectivity index (χ1n) is 23.2. The SMILES string of the molecule is C=C1c2ccccc2-c2cc(-c3nc(-c4ccc5c6ccccc6c6c(C)cccc6c5c4)nc(-c4ccc5c(c4)c4ccccc4c4nc(/C=C\C)c(C)n54)n3)ccc2N1c1ccccc1C. The molecule has 0 unspecified atom stereocenters. The Kier molecular flexibility index (Phi) is 8.83. The first-order chi connectivity index (χ1) is 33.3. The van der Waals surface area contributed by atoms with Crippen LogP contribution in [0.3, 0.4) is 0 Å². The van der Waals surface area contributed by atoms with Crippen molar-refractivity contribution >= 4 is 82.8 Å².